The molecule has 0 bridgehead atoms. The summed E-state index contributed by atoms with van der Waals surface area (Å²) < 4.78 is 5.47. The van der Waals surface area contributed by atoms with Crippen LogP contribution in [0.2, 0.25) is 0 Å². The Morgan fingerprint density at radius 1 is 1.03 bits per heavy atom. The van der Waals surface area contributed by atoms with Gasteiger partial charge in [-0.3, -0.25) is 14.4 Å². The number of carbonyl (C=O) groups excluding carboxylic acids is 1. The molecule has 3 N–H and O–H groups in total. The first-order chi connectivity index (χ1) is 14.9. The summed E-state index contributed by atoms with van der Waals surface area (Å²) >= 11 is 0. The topological polar surface area (TPSA) is 119 Å². The van der Waals surface area contributed by atoms with Crippen LogP contribution in [0.3, 0.4) is 0 Å². The molecule has 2 heterocycles. The third kappa shape index (κ3) is 9.13. The molecule has 0 atom stereocenters. The minimum Gasteiger partial charge on any atom is -0.483 e. The van der Waals surface area contributed by atoms with Crippen molar-refractivity contribution in [3.8, 4) is 0 Å². The molecule has 0 radical (unpaired) electrons. The van der Waals surface area contributed by atoms with E-state index in [1.54, 1.807) is 0 Å². The molecule has 0 unspecified atom stereocenters. The van der Waals surface area contributed by atoms with Crippen molar-refractivity contribution in [2.45, 2.75) is 69.4 Å². The molecule has 9 nitrogen and oxygen atoms in total. The van der Waals surface area contributed by atoms with E-state index in [-0.39, 0.29) is 24.4 Å². The lowest BCUT2D eigenvalue weighted by atomic mass is 9.80. The van der Waals surface area contributed by atoms with Crippen molar-refractivity contribution in [2.24, 2.45) is 5.92 Å². The van der Waals surface area contributed by atoms with Crippen LogP contribution in [0.1, 0.15) is 57.8 Å². The zero-order valence-electron chi connectivity index (χ0n) is 19.1. The number of amides is 1. The summed E-state index contributed by atoms with van der Waals surface area (Å²) in [5.74, 6) is 0.498. The number of likely N-dealkylation sites (N-methyl/N-ethyl adjacent to an activating group) is 1. The molecule has 0 spiro atoms. The van der Waals surface area contributed by atoms with Crippen LogP contribution in [-0.4, -0.2) is 97.4 Å². The highest BCUT2D eigenvalue weighted by Crippen LogP contribution is 2.32. The second-order valence-corrected chi connectivity index (χ2v) is 8.76. The molecule has 3 fully saturated rings. The summed E-state index contributed by atoms with van der Waals surface area (Å²) in [5.41, 5.74) is 0.177. The third-order valence-corrected chi connectivity index (χ3v) is 6.93. The maximum Gasteiger partial charge on any atom is 0.290 e. The molecule has 0 aromatic heterocycles. The van der Waals surface area contributed by atoms with E-state index >= 15 is 0 Å². The summed E-state index contributed by atoms with van der Waals surface area (Å²) in [6.07, 6.45) is 10.7. The Hall–Kier alpha value is -1.71. The summed E-state index contributed by atoms with van der Waals surface area (Å²) in [6, 6.07) is 0.678. The van der Waals surface area contributed by atoms with E-state index in [1.807, 2.05) is 0 Å². The SMILES string of the molecule is CN(C)C1(CNC(=O)C2CCN(C3CCOCC3)CC2)CCCCC1.O=CO.O=CO. The van der Waals surface area contributed by atoms with Crippen molar-refractivity contribution in [2.75, 3.05) is 46.9 Å². The number of hydrogen-bond acceptors (Lipinski definition) is 6. The van der Waals surface area contributed by atoms with Gasteiger partial charge < -0.3 is 30.1 Å². The number of carbonyl (C=O) groups is 3. The van der Waals surface area contributed by atoms with Gasteiger partial charge in [-0.15, -0.1) is 0 Å². The molecule has 2 aliphatic heterocycles. The highest BCUT2D eigenvalue weighted by atomic mass is 16.5. The van der Waals surface area contributed by atoms with Crippen molar-refractivity contribution < 1.29 is 29.3 Å². The summed E-state index contributed by atoms with van der Waals surface area (Å²) in [4.78, 5) is 34.4. The number of nitrogens with one attached hydrogen (secondary N) is 1. The fourth-order valence-corrected chi connectivity index (χ4v) is 4.97. The van der Waals surface area contributed by atoms with E-state index in [0.717, 1.165) is 58.5 Å². The Morgan fingerprint density at radius 3 is 2.03 bits per heavy atom. The van der Waals surface area contributed by atoms with Crippen molar-refractivity contribution >= 4 is 18.9 Å². The fraction of sp³-hybridized carbons (Fsp3) is 0.864. The Balaban J connectivity index is 0.000000720. The number of hydrogen-bond donors (Lipinski definition) is 3. The van der Waals surface area contributed by atoms with Crippen LogP contribution >= 0.6 is 0 Å². The smallest absolute Gasteiger partial charge is 0.290 e. The molecule has 0 aromatic carbocycles. The minimum atomic E-state index is -0.250. The van der Waals surface area contributed by atoms with Gasteiger partial charge in [-0.05, 0) is 65.7 Å². The van der Waals surface area contributed by atoms with Crippen LogP contribution in [0.15, 0.2) is 0 Å². The van der Waals surface area contributed by atoms with E-state index in [0.29, 0.717) is 11.9 Å². The van der Waals surface area contributed by atoms with E-state index in [4.69, 9.17) is 24.5 Å². The Morgan fingerprint density at radius 2 is 1.55 bits per heavy atom. The summed E-state index contributed by atoms with van der Waals surface area (Å²) in [5, 5.41) is 17.1. The number of ether oxygens (including phenoxy) is 1. The Bertz CT molecular complexity index is 505. The molecule has 180 valence electrons. The normalized spacial score (nSPS) is 22.3. The zero-order chi connectivity index (χ0) is 23.1. The second-order valence-electron chi connectivity index (χ2n) is 8.76. The van der Waals surface area contributed by atoms with Gasteiger partial charge in [-0.2, -0.15) is 0 Å². The molecule has 3 aliphatic rings. The predicted molar refractivity (Wildman–Crippen MR) is 118 cm³/mol. The second kappa shape index (κ2) is 15.2. The molecule has 0 aromatic rings. The Kier molecular flexibility index (Phi) is 13.4. The van der Waals surface area contributed by atoms with Gasteiger partial charge in [-0.1, -0.05) is 19.3 Å². The van der Waals surface area contributed by atoms with Crippen LogP contribution in [0.4, 0.5) is 0 Å². The van der Waals surface area contributed by atoms with Gasteiger partial charge in [0.15, 0.2) is 0 Å². The molecule has 31 heavy (non-hydrogen) atoms. The molecule has 9 heteroatoms. The standard InChI is InChI=1S/C20H37N3O2.2CH2O2/c1-22(2)20(10-4-3-5-11-20)16-21-19(24)17-6-12-23(13-7-17)18-8-14-25-15-9-18;2*2-1-3/h17-18H,3-16H2,1-2H3,(H,21,24);2*1H,(H,2,3). The molecule has 1 saturated carbocycles. The predicted octanol–water partition coefficient (Wildman–Crippen LogP) is 1.66. The number of carboxylic acid groups (broad SMARTS) is 2. The quantitative estimate of drug-likeness (QED) is 0.549. The van der Waals surface area contributed by atoms with Gasteiger partial charge >= 0.3 is 0 Å². The maximum atomic E-state index is 12.7. The lowest BCUT2D eigenvalue weighted by Crippen LogP contribution is -2.55. The van der Waals surface area contributed by atoms with Crippen molar-refractivity contribution in [3.05, 3.63) is 0 Å². The molecule has 1 aliphatic carbocycles. The molecule has 1 amide bonds. The van der Waals surface area contributed by atoms with Crippen LogP contribution in [-0.2, 0) is 19.1 Å². The molecular weight excluding hydrogens is 402 g/mol. The average molecular weight is 444 g/mol. The lowest BCUT2D eigenvalue weighted by Gasteiger charge is -2.43. The number of piperidine rings is 1. The van der Waals surface area contributed by atoms with Gasteiger partial charge in [0.2, 0.25) is 5.91 Å². The van der Waals surface area contributed by atoms with Crippen LogP contribution < -0.4 is 5.32 Å². The zero-order valence-corrected chi connectivity index (χ0v) is 19.1. The van der Waals surface area contributed by atoms with Gasteiger partial charge in [0.25, 0.3) is 12.9 Å². The average Bonchev–Trinajstić information content (AvgIpc) is 2.80. The minimum absolute atomic E-state index is 0.177. The van der Waals surface area contributed by atoms with Gasteiger partial charge in [0.1, 0.15) is 0 Å². The van der Waals surface area contributed by atoms with E-state index in [2.05, 4.69) is 29.2 Å². The first-order valence-electron chi connectivity index (χ1n) is 11.4. The van der Waals surface area contributed by atoms with Crippen molar-refractivity contribution in [1.29, 1.82) is 0 Å². The van der Waals surface area contributed by atoms with Crippen LogP contribution in [0, 0.1) is 5.92 Å². The molecule has 2 saturated heterocycles. The third-order valence-electron chi connectivity index (χ3n) is 6.93. The van der Waals surface area contributed by atoms with Gasteiger partial charge in [0, 0.05) is 37.3 Å². The first kappa shape index (κ1) is 27.3. The van der Waals surface area contributed by atoms with Crippen LogP contribution in [0.25, 0.3) is 0 Å². The number of rotatable bonds is 5. The largest absolute Gasteiger partial charge is 0.483 e. The molecular formula is C22H41N3O6. The highest BCUT2D eigenvalue weighted by Gasteiger charge is 2.36. The van der Waals surface area contributed by atoms with Crippen LogP contribution in [0.5, 0.6) is 0 Å². The van der Waals surface area contributed by atoms with E-state index in [9.17, 15) is 4.79 Å². The van der Waals surface area contributed by atoms with E-state index < -0.39 is 0 Å². The number of likely N-dealkylation sites (tertiary alicyclic amines) is 1. The lowest BCUT2D eigenvalue weighted by molar-refractivity contribution is -0.127. The fourth-order valence-electron chi connectivity index (χ4n) is 4.97. The van der Waals surface area contributed by atoms with Crippen molar-refractivity contribution in [1.82, 2.24) is 15.1 Å². The summed E-state index contributed by atoms with van der Waals surface area (Å²) in [7, 11) is 4.34. The van der Waals surface area contributed by atoms with Gasteiger partial charge in [-0.25, -0.2) is 0 Å². The van der Waals surface area contributed by atoms with E-state index in [1.165, 1.54) is 32.1 Å². The summed E-state index contributed by atoms with van der Waals surface area (Å²) in [6.45, 7) is 4.26. The molecule has 3 rings (SSSR count). The monoisotopic (exact) mass is 443 g/mol. The Labute approximate surface area is 186 Å². The van der Waals surface area contributed by atoms with Crippen molar-refractivity contribution in [3.63, 3.8) is 0 Å². The maximum absolute atomic E-state index is 12.7. The highest BCUT2D eigenvalue weighted by molar-refractivity contribution is 5.78. The number of nitrogens with zero attached hydrogens (tertiary/aromatic N) is 2. The first-order valence-corrected chi connectivity index (χ1v) is 11.4. The van der Waals surface area contributed by atoms with Gasteiger partial charge in [0.05, 0.1) is 0 Å².